The van der Waals surface area contributed by atoms with Crippen LogP contribution in [0, 0.1) is 5.92 Å². The molecule has 0 radical (unpaired) electrons. The van der Waals surface area contributed by atoms with Crippen LogP contribution >= 0.6 is 0 Å². The third-order valence-corrected chi connectivity index (χ3v) is 7.63. The molecule has 0 spiro atoms. The lowest BCUT2D eigenvalue weighted by Gasteiger charge is -2.42. The van der Waals surface area contributed by atoms with Crippen molar-refractivity contribution in [2.24, 2.45) is 5.92 Å². The van der Waals surface area contributed by atoms with Crippen LogP contribution in [-0.2, 0) is 10.0 Å². The molecular formula is C21H23F3N2O4S. The van der Waals surface area contributed by atoms with Crippen molar-refractivity contribution in [3.63, 3.8) is 0 Å². The van der Waals surface area contributed by atoms with Crippen molar-refractivity contribution in [3.8, 4) is 5.75 Å². The molecule has 3 aliphatic rings. The van der Waals surface area contributed by atoms with Crippen molar-refractivity contribution in [3.05, 3.63) is 47.1 Å². The van der Waals surface area contributed by atoms with Gasteiger partial charge in [-0.1, -0.05) is 17.7 Å². The Balaban J connectivity index is 1.53. The number of hydrogen-bond donors (Lipinski definition) is 2. The molecule has 2 amide bonds. The number of sulfonamides is 1. The topological polar surface area (TPSA) is 84.5 Å². The Morgan fingerprint density at radius 1 is 1.19 bits per heavy atom. The fourth-order valence-electron chi connectivity index (χ4n) is 5.10. The summed E-state index contributed by atoms with van der Waals surface area (Å²) < 4.78 is 68.3. The molecule has 1 saturated carbocycles. The maximum atomic E-state index is 12.7. The molecule has 1 aromatic carbocycles. The van der Waals surface area contributed by atoms with Gasteiger partial charge in [0, 0.05) is 12.0 Å². The van der Waals surface area contributed by atoms with Crippen LogP contribution in [0.3, 0.4) is 0 Å². The molecule has 2 unspecified atom stereocenters. The number of urea groups is 1. The third-order valence-electron chi connectivity index (χ3n) is 6.30. The van der Waals surface area contributed by atoms with Crippen LogP contribution < -0.4 is 14.8 Å². The Morgan fingerprint density at radius 3 is 2.71 bits per heavy atom. The minimum absolute atomic E-state index is 0.112. The molecule has 10 heteroatoms. The molecule has 2 atom stereocenters. The second kappa shape index (κ2) is 7.58. The summed E-state index contributed by atoms with van der Waals surface area (Å²) in [6, 6.07) is 3.01. The summed E-state index contributed by atoms with van der Waals surface area (Å²) in [6.07, 6.45) is 2.94. The highest BCUT2D eigenvalue weighted by Gasteiger charge is 2.47. The highest BCUT2D eigenvalue weighted by atomic mass is 32.2. The molecule has 0 bridgehead atoms. The van der Waals surface area contributed by atoms with Gasteiger partial charge in [0.15, 0.2) is 0 Å². The second-order valence-electron chi connectivity index (χ2n) is 8.31. The first-order valence-corrected chi connectivity index (χ1v) is 11.6. The van der Waals surface area contributed by atoms with Gasteiger partial charge in [-0.25, -0.2) is 17.9 Å². The largest absolute Gasteiger partial charge is 0.573 e. The first kappa shape index (κ1) is 21.7. The molecule has 168 valence electrons. The van der Waals surface area contributed by atoms with Gasteiger partial charge in [0.05, 0.1) is 10.4 Å². The summed E-state index contributed by atoms with van der Waals surface area (Å²) in [7, 11) is -4.40. The number of hydrogen-bond acceptors (Lipinski definition) is 4. The molecule has 1 aromatic rings. The molecular weight excluding hydrogens is 433 g/mol. The van der Waals surface area contributed by atoms with E-state index < -0.39 is 38.6 Å². The van der Waals surface area contributed by atoms with E-state index in [1.165, 1.54) is 11.1 Å². The van der Waals surface area contributed by atoms with Crippen LogP contribution in [0.1, 0.15) is 45.4 Å². The molecule has 4 rings (SSSR count). The zero-order valence-electron chi connectivity index (χ0n) is 16.9. The summed E-state index contributed by atoms with van der Waals surface area (Å²) in [6.45, 7) is 1.93. The fourth-order valence-corrected chi connectivity index (χ4v) is 6.04. The van der Waals surface area contributed by atoms with E-state index in [2.05, 4.69) is 16.1 Å². The van der Waals surface area contributed by atoms with E-state index in [0.29, 0.717) is 0 Å². The van der Waals surface area contributed by atoms with Crippen LogP contribution in [0.4, 0.5) is 18.0 Å². The standard InChI is InChI=1S/C21H23F3N2O4S/c1-20(17-9-2-5-13(17)11-14-6-3-10-18(14)20)25-19(27)26-31(28,29)16-8-4-7-15(12-16)30-21(22,23)24/h4,7-8,11-12,17H,2-3,5-6,9-10H2,1H3,(H2,25,26,27). The zero-order valence-corrected chi connectivity index (χ0v) is 17.7. The summed E-state index contributed by atoms with van der Waals surface area (Å²) >= 11 is 0. The van der Waals surface area contributed by atoms with Gasteiger partial charge in [-0.05, 0) is 68.7 Å². The van der Waals surface area contributed by atoms with Gasteiger partial charge < -0.3 is 10.1 Å². The number of carbonyl (C=O) groups excluding carboxylic acids is 1. The minimum atomic E-state index is -4.96. The van der Waals surface area contributed by atoms with E-state index in [1.807, 2.05) is 11.6 Å². The number of carbonyl (C=O) groups is 1. The lowest BCUT2D eigenvalue weighted by Crippen LogP contribution is -2.57. The Hall–Kier alpha value is -2.49. The van der Waals surface area contributed by atoms with Crippen LogP contribution in [0.15, 0.2) is 52.0 Å². The predicted octanol–water partition coefficient (Wildman–Crippen LogP) is 4.55. The van der Waals surface area contributed by atoms with Crippen molar-refractivity contribution < 1.29 is 31.1 Å². The summed E-state index contributed by atoms with van der Waals surface area (Å²) in [4.78, 5) is 12.2. The van der Waals surface area contributed by atoms with E-state index in [0.717, 1.165) is 68.4 Å². The summed E-state index contributed by atoms with van der Waals surface area (Å²) in [5, 5.41) is 2.88. The van der Waals surface area contributed by atoms with Gasteiger partial charge >= 0.3 is 12.4 Å². The third kappa shape index (κ3) is 4.30. The highest BCUT2D eigenvalue weighted by molar-refractivity contribution is 7.90. The summed E-state index contributed by atoms with van der Waals surface area (Å²) in [5.74, 6) is -0.571. The van der Waals surface area contributed by atoms with Crippen LogP contribution in [0.25, 0.3) is 0 Å². The molecule has 31 heavy (non-hydrogen) atoms. The van der Waals surface area contributed by atoms with Gasteiger partial charge in [0.25, 0.3) is 10.0 Å². The second-order valence-corrected chi connectivity index (χ2v) is 9.99. The zero-order chi connectivity index (χ0) is 22.4. The smallest absolute Gasteiger partial charge is 0.406 e. The molecule has 0 aliphatic heterocycles. The van der Waals surface area contributed by atoms with E-state index in [1.54, 1.807) is 0 Å². The normalized spacial score (nSPS) is 25.5. The SMILES string of the molecule is CC1(NC(=O)NS(=O)(=O)c2cccc(OC(F)(F)F)c2)C2=C(C=C3CCCC31)CCC2. The Morgan fingerprint density at radius 2 is 1.97 bits per heavy atom. The lowest BCUT2D eigenvalue weighted by atomic mass is 9.71. The number of benzene rings is 1. The van der Waals surface area contributed by atoms with Crippen molar-refractivity contribution in [2.75, 3.05) is 0 Å². The minimum Gasteiger partial charge on any atom is -0.406 e. The van der Waals surface area contributed by atoms with E-state index >= 15 is 0 Å². The predicted molar refractivity (Wildman–Crippen MR) is 107 cm³/mol. The number of halogens is 3. The van der Waals surface area contributed by atoms with Gasteiger partial charge in [-0.2, -0.15) is 0 Å². The molecule has 1 fully saturated rings. The van der Waals surface area contributed by atoms with Crippen molar-refractivity contribution in [1.29, 1.82) is 0 Å². The number of nitrogens with one attached hydrogen (secondary N) is 2. The maximum Gasteiger partial charge on any atom is 0.573 e. The molecule has 6 nitrogen and oxygen atoms in total. The van der Waals surface area contributed by atoms with Crippen molar-refractivity contribution in [2.45, 2.75) is 62.2 Å². The van der Waals surface area contributed by atoms with Crippen LogP contribution in [-0.4, -0.2) is 26.4 Å². The van der Waals surface area contributed by atoms with E-state index in [9.17, 15) is 26.4 Å². The fraction of sp³-hybridized carbons (Fsp3) is 0.476. The van der Waals surface area contributed by atoms with Crippen LogP contribution in [0.2, 0.25) is 0 Å². The number of amides is 2. The monoisotopic (exact) mass is 456 g/mol. The Bertz CT molecular complexity index is 1080. The van der Waals surface area contributed by atoms with Crippen LogP contribution in [0.5, 0.6) is 5.75 Å². The Labute approximate surface area is 178 Å². The highest BCUT2D eigenvalue weighted by Crippen LogP contribution is 2.50. The number of allylic oxidation sites excluding steroid dienone is 2. The number of fused-ring (bicyclic) bond motifs is 1. The average Bonchev–Trinajstić information content (AvgIpc) is 3.30. The van der Waals surface area contributed by atoms with E-state index in [-0.39, 0.29) is 5.92 Å². The van der Waals surface area contributed by atoms with Gasteiger partial charge in [-0.15, -0.1) is 13.2 Å². The van der Waals surface area contributed by atoms with Crippen molar-refractivity contribution in [1.82, 2.24) is 10.0 Å². The first-order valence-electron chi connectivity index (χ1n) is 10.1. The molecule has 0 aromatic heterocycles. The van der Waals surface area contributed by atoms with Gasteiger partial charge in [-0.3, -0.25) is 0 Å². The van der Waals surface area contributed by atoms with Gasteiger partial charge in [0.1, 0.15) is 5.75 Å². The maximum absolute atomic E-state index is 12.7. The number of rotatable bonds is 4. The molecule has 2 N–H and O–H groups in total. The van der Waals surface area contributed by atoms with Gasteiger partial charge in [0.2, 0.25) is 0 Å². The number of ether oxygens (including phenoxy) is 1. The number of alkyl halides is 3. The van der Waals surface area contributed by atoms with Crippen molar-refractivity contribution >= 4 is 16.1 Å². The first-order chi connectivity index (χ1) is 14.5. The molecule has 0 heterocycles. The van der Waals surface area contributed by atoms with E-state index in [4.69, 9.17) is 0 Å². The molecule has 3 aliphatic carbocycles. The summed E-state index contributed by atoms with van der Waals surface area (Å²) in [5.41, 5.74) is 2.95. The lowest BCUT2D eigenvalue weighted by molar-refractivity contribution is -0.274. The molecule has 0 saturated heterocycles. The Kier molecular flexibility index (Phi) is 5.31. The quantitative estimate of drug-likeness (QED) is 0.696. The average molecular weight is 456 g/mol.